The van der Waals surface area contributed by atoms with Crippen LogP contribution in [0.1, 0.15) is 41.3 Å². The molecule has 2 heterocycles. The fraction of sp³-hybridized carbons (Fsp3) is 0.300. The predicted octanol–water partition coefficient (Wildman–Crippen LogP) is 3.64. The summed E-state index contributed by atoms with van der Waals surface area (Å²) in [5.74, 6) is 0.724. The maximum Gasteiger partial charge on any atom is 0.231 e. The number of fused-ring (bicyclic) bond motifs is 1. The molecular formula is C20H22N2O3. The minimum Gasteiger partial charge on any atom is -0.507 e. The Morgan fingerprint density at radius 1 is 1.24 bits per heavy atom. The molecule has 0 saturated heterocycles. The molecule has 1 aromatic carbocycles. The number of benzene rings is 1. The van der Waals surface area contributed by atoms with E-state index >= 15 is 0 Å². The van der Waals surface area contributed by atoms with Crippen molar-refractivity contribution in [2.24, 2.45) is 0 Å². The molecule has 1 aliphatic heterocycles. The SMILES string of the molecule is CCCCN(C)Cc1c(O)ccc2c1O/C(=C/c1ccncc1)C2=O. The van der Waals surface area contributed by atoms with Gasteiger partial charge in [0.1, 0.15) is 11.5 Å². The molecule has 0 unspecified atom stereocenters. The summed E-state index contributed by atoms with van der Waals surface area (Å²) in [6.07, 6.45) is 7.22. The molecule has 25 heavy (non-hydrogen) atoms. The standard InChI is InChI=1S/C20H22N2O3/c1-3-4-11-22(2)13-16-17(23)6-5-15-19(24)18(25-20(15)16)12-14-7-9-21-10-8-14/h5-10,12,23H,3-4,11,13H2,1-2H3/b18-12+. The van der Waals surface area contributed by atoms with Gasteiger partial charge in [0.15, 0.2) is 5.76 Å². The number of hydrogen-bond donors (Lipinski definition) is 1. The number of phenols is 1. The van der Waals surface area contributed by atoms with Gasteiger partial charge in [-0.2, -0.15) is 0 Å². The van der Waals surface area contributed by atoms with Crippen LogP contribution in [-0.4, -0.2) is 34.4 Å². The Kier molecular flexibility index (Phi) is 5.14. The van der Waals surface area contributed by atoms with Crippen LogP contribution in [0, 0.1) is 0 Å². The topological polar surface area (TPSA) is 62.7 Å². The quantitative estimate of drug-likeness (QED) is 0.815. The van der Waals surface area contributed by atoms with Crippen LogP contribution in [0.4, 0.5) is 0 Å². The molecule has 1 aromatic heterocycles. The molecule has 0 radical (unpaired) electrons. The van der Waals surface area contributed by atoms with Crippen molar-refractivity contribution in [1.29, 1.82) is 0 Å². The highest BCUT2D eigenvalue weighted by Gasteiger charge is 2.31. The summed E-state index contributed by atoms with van der Waals surface area (Å²) in [4.78, 5) is 18.7. The maximum atomic E-state index is 12.6. The number of hydrogen-bond acceptors (Lipinski definition) is 5. The normalized spacial score (nSPS) is 14.8. The zero-order valence-electron chi connectivity index (χ0n) is 14.5. The van der Waals surface area contributed by atoms with Gasteiger partial charge < -0.3 is 14.7 Å². The van der Waals surface area contributed by atoms with E-state index in [2.05, 4.69) is 16.8 Å². The number of phenolic OH excluding ortho intramolecular Hbond substituents is 1. The number of ketones is 1. The average Bonchev–Trinajstić information content (AvgIpc) is 2.93. The average molecular weight is 338 g/mol. The van der Waals surface area contributed by atoms with Gasteiger partial charge in [0.25, 0.3) is 0 Å². The lowest BCUT2D eigenvalue weighted by atomic mass is 10.0. The van der Waals surface area contributed by atoms with Gasteiger partial charge in [0.05, 0.1) is 11.1 Å². The summed E-state index contributed by atoms with van der Waals surface area (Å²) in [6, 6.07) is 6.81. The first-order valence-corrected chi connectivity index (χ1v) is 8.47. The van der Waals surface area contributed by atoms with E-state index in [4.69, 9.17) is 4.74 Å². The fourth-order valence-electron chi connectivity index (χ4n) is 2.84. The fourth-order valence-corrected chi connectivity index (χ4v) is 2.84. The Hall–Kier alpha value is -2.66. The van der Waals surface area contributed by atoms with E-state index in [-0.39, 0.29) is 17.3 Å². The van der Waals surface area contributed by atoms with Crippen LogP contribution in [-0.2, 0) is 6.54 Å². The molecule has 0 atom stereocenters. The van der Waals surface area contributed by atoms with Crippen LogP contribution in [0.25, 0.3) is 6.08 Å². The van der Waals surface area contributed by atoms with Crippen molar-refractivity contribution in [1.82, 2.24) is 9.88 Å². The molecule has 0 amide bonds. The minimum atomic E-state index is -0.163. The largest absolute Gasteiger partial charge is 0.507 e. The van der Waals surface area contributed by atoms with E-state index in [1.54, 1.807) is 30.6 Å². The number of aromatic hydroxyl groups is 1. The second-order valence-corrected chi connectivity index (χ2v) is 6.25. The Bertz CT molecular complexity index is 800. The number of rotatable bonds is 6. The zero-order chi connectivity index (χ0) is 17.8. The van der Waals surface area contributed by atoms with Crippen molar-refractivity contribution in [3.8, 4) is 11.5 Å². The summed E-state index contributed by atoms with van der Waals surface area (Å²) in [7, 11) is 2.00. The van der Waals surface area contributed by atoms with Crippen LogP contribution in [0.2, 0.25) is 0 Å². The molecule has 1 aliphatic rings. The highest BCUT2D eigenvalue weighted by Crippen LogP contribution is 2.40. The van der Waals surface area contributed by atoms with Crippen molar-refractivity contribution >= 4 is 11.9 Å². The lowest BCUT2D eigenvalue weighted by Crippen LogP contribution is -2.19. The first-order valence-electron chi connectivity index (χ1n) is 8.47. The molecular weight excluding hydrogens is 316 g/mol. The van der Waals surface area contributed by atoms with Crippen molar-refractivity contribution in [3.63, 3.8) is 0 Å². The minimum absolute atomic E-state index is 0.153. The van der Waals surface area contributed by atoms with Gasteiger partial charge in [-0.15, -0.1) is 0 Å². The number of Topliss-reactive ketones (excluding diaryl/α,β-unsaturated/α-hetero) is 1. The van der Waals surface area contributed by atoms with E-state index in [9.17, 15) is 9.90 Å². The third-order valence-electron chi connectivity index (χ3n) is 4.24. The molecule has 0 fully saturated rings. The molecule has 0 saturated carbocycles. The third kappa shape index (κ3) is 3.72. The Labute approximate surface area is 147 Å². The van der Waals surface area contributed by atoms with E-state index in [1.807, 2.05) is 19.2 Å². The number of ether oxygens (including phenoxy) is 1. The van der Waals surface area contributed by atoms with Crippen molar-refractivity contribution in [2.45, 2.75) is 26.3 Å². The van der Waals surface area contributed by atoms with E-state index in [1.165, 1.54) is 0 Å². The molecule has 0 aliphatic carbocycles. The highest BCUT2D eigenvalue weighted by molar-refractivity contribution is 6.14. The summed E-state index contributed by atoms with van der Waals surface area (Å²) < 4.78 is 5.84. The molecule has 3 rings (SSSR count). The number of allylic oxidation sites excluding steroid dienone is 1. The summed E-state index contributed by atoms with van der Waals surface area (Å²) in [5, 5.41) is 10.3. The maximum absolute atomic E-state index is 12.6. The van der Waals surface area contributed by atoms with Crippen LogP contribution < -0.4 is 4.74 Å². The number of carbonyl (C=O) groups excluding carboxylic acids is 1. The summed E-state index contributed by atoms with van der Waals surface area (Å²) >= 11 is 0. The van der Waals surface area contributed by atoms with E-state index < -0.39 is 0 Å². The van der Waals surface area contributed by atoms with Crippen molar-refractivity contribution < 1.29 is 14.6 Å². The number of unbranched alkanes of at least 4 members (excludes halogenated alkanes) is 1. The molecule has 1 N–H and O–H groups in total. The van der Waals surface area contributed by atoms with Crippen molar-refractivity contribution in [2.75, 3.05) is 13.6 Å². The second kappa shape index (κ2) is 7.49. The van der Waals surface area contributed by atoms with Gasteiger partial charge in [-0.05, 0) is 55.9 Å². The number of aromatic nitrogens is 1. The van der Waals surface area contributed by atoms with Crippen LogP contribution in [0.3, 0.4) is 0 Å². The summed E-state index contributed by atoms with van der Waals surface area (Å²) in [5.41, 5.74) is 2.00. The van der Waals surface area contributed by atoms with Crippen LogP contribution >= 0.6 is 0 Å². The first-order chi connectivity index (χ1) is 12.1. The predicted molar refractivity (Wildman–Crippen MR) is 96.5 cm³/mol. The molecule has 0 bridgehead atoms. The Balaban J connectivity index is 1.89. The Morgan fingerprint density at radius 3 is 2.72 bits per heavy atom. The molecule has 5 nitrogen and oxygen atoms in total. The van der Waals surface area contributed by atoms with Gasteiger partial charge >= 0.3 is 0 Å². The molecule has 0 spiro atoms. The monoisotopic (exact) mass is 338 g/mol. The highest BCUT2D eigenvalue weighted by atomic mass is 16.5. The van der Waals surface area contributed by atoms with E-state index in [0.717, 1.165) is 24.9 Å². The smallest absolute Gasteiger partial charge is 0.231 e. The molecule has 2 aromatic rings. The van der Waals surface area contributed by atoms with Crippen molar-refractivity contribution in [3.05, 3.63) is 59.1 Å². The van der Waals surface area contributed by atoms with Gasteiger partial charge in [-0.25, -0.2) is 0 Å². The van der Waals surface area contributed by atoms with Crippen LogP contribution in [0.15, 0.2) is 42.4 Å². The number of pyridine rings is 1. The molecule has 5 heteroatoms. The van der Waals surface area contributed by atoms with Gasteiger partial charge in [-0.1, -0.05) is 13.3 Å². The van der Waals surface area contributed by atoms with Gasteiger partial charge in [-0.3, -0.25) is 9.78 Å². The van der Waals surface area contributed by atoms with Gasteiger partial charge in [0, 0.05) is 18.9 Å². The second-order valence-electron chi connectivity index (χ2n) is 6.25. The van der Waals surface area contributed by atoms with Crippen LogP contribution in [0.5, 0.6) is 11.5 Å². The number of nitrogens with zero attached hydrogens (tertiary/aromatic N) is 2. The first kappa shape index (κ1) is 17.2. The third-order valence-corrected chi connectivity index (χ3v) is 4.24. The number of carbonyl (C=O) groups is 1. The Morgan fingerprint density at radius 2 is 2.00 bits per heavy atom. The molecule has 130 valence electrons. The summed E-state index contributed by atoms with van der Waals surface area (Å²) in [6.45, 7) is 3.60. The zero-order valence-corrected chi connectivity index (χ0v) is 14.5. The lowest BCUT2D eigenvalue weighted by molar-refractivity contribution is 0.101. The lowest BCUT2D eigenvalue weighted by Gasteiger charge is -2.18. The van der Waals surface area contributed by atoms with E-state index in [0.29, 0.717) is 23.4 Å². The van der Waals surface area contributed by atoms with Gasteiger partial charge in [0.2, 0.25) is 5.78 Å².